The van der Waals surface area contributed by atoms with Crippen molar-refractivity contribution in [2.75, 3.05) is 26.0 Å². The first-order valence-electron chi connectivity index (χ1n) is 9.06. The van der Waals surface area contributed by atoms with Gasteiger partial charge in [0.15, 0.2) is 0 Å². The molecule has 1 aromatic carbocycles. The first kappa shape index (κ1) is 26.6. The van der Waals surface area contributed by atoms with Crippen LogP contribution in [0.4, 0.5) is 0 Å². The Morgan fingerprint density at radius 3 is 1.96 bits per heavy atom. The Bertz CT molecular complexity index is 422. The third-order valence-electron chi connectivity index (χ3n) is 3.79. The fourth-order valence-corrected chi connectivity index (χ4v) is 2.52. The van der Waals surface area contributed by atoms with E-state index in [4.69, 9.17) is 0 Å². The molecule has 0 saturated carbocycles. The smallest absolute Gasteiger partial charge is 0.123 e. The zero-order valence-corrected chi connectivity index (χ0v) is 18.8. The lowest BCUT2D eigenvalue weighted by Gasteiger charge is -2.29. The maximum Gasteiger partial charge on any atom is 0.123 e. The normalized spacial score (nSPS) is 14.4. The van der Waals surface area contributed by atoms with Gasteiger partial charge in [0.05, 0.1) is 0 Å². The second kappa shape index (κ2) is 19.7. The monoisotopic (exact) mass is 431 g/mol. The number of alkyl halides is 1. The lowest BCUT2D eigenvalue weighted by molar-refractivity contribution is -0.112. The van der Waals surface area contributed by atoms with E-state index in [0.717, 1.165) is 49.7 Å². The summed E-state index contributed by atoms with van der Waals surface area (Å²) >= 11 is 8.08. The zero-order valence-electron chi connectivity index (χ0n) is 16.5. The Morgan fingerprint density at radius 2 is 1.56 bits per heavy atom. The summed E-state index contributed by atoms with van der Waals surface area (Å²) in [6.45, 7) is 11.2. The minimum Gasteiger partial charge on any atom is -0.303 e. The van der Waals surface area contributed by atoms with E-state index < -0.39 is 0 Å². The molecule has 1 aliphatic heterocycles. The van der Waals surface area contributed by atoms with E-state index in [9.17, 15) is 4.79 Å². The van der Waals surface area contributed by atoms with E-state index in [1.165, 1.54) is 11.9 Å². The second-order valence-electron chi connectivity index (χ2n) is 5.36. The minimum absolute atomic E-state index is 0.305. The van der Waals surface area contributed by atoms with Gasteiger partial charge in [0, 0.05) is 23.3 Å². The highest BCUT2D eigenvalue weighted by atomic mass is 79.9. The van der Waals surface area contributed by atoms with E-state index >= 15 is 0 Å². The highest BCUT2D eigenvalue weighted by Crippen LogP contribution is 2.16. The average Bonchev–Trinajstić information content (AvgIpc) is 2.71. The van der Waals surface area contributed by atoms with Crippen molar-refractivity contribution < 1.29 is 4.79 Å². The molecule has 0 amide bonds. The number of benzene rings is 1. The Balaban J connectivity index is 0. The van der Waals surface area contributed by atoms with Crippen LogP contribution in [-0.4, -0.2) is 37.2 Å². The van der Waals surface area contributed by atoms with E-state index in [0.29, 0.717) is 5.92 Å². The molecule has 0 atom stereocenters. The summed E-state index contributed by atoms with van der Waals surface area (Å²) in [7, 11) is 0. The molecular weight excluding hydrogens is 398 g/mol. The highest BCUT2D eigenvalue weighted by Gasteiger charge is 2.17. The molecule has 0 bridgehead atoms. The van der Waals surface area contributed by atoms with Crippen LogP contribution in [0.5, 0.6) is 0 Å². The third kappa shape index (κ3) is 14.2. The van der Waals surface area contributed by atoms with Gasteiger partial charge in [0.25, 0.3) is 0 Å². The Hall–Kier alpha value is -0.640. The predicted octanol–water partition coefficient (Wildman–Crippen LogP) is 6.37. The first-order chi connectivity index (χ1) is 12.2. The molecule has 4 heteroatoms. The Labute approximate surface area is 168 Å². The molecule has 2 rings (SSSR count). The van der Waals surface area contributed by atoms with Crippen molar-refractivity contribution in [1.29, 1.82) is 0 Å². The molecule has 0 radical (unpaired) electrons. The highest BCUT2D eigenvalue weighted by molar-refractivity contribution is 9.10. The topological polar surface area (TPSA) is 20.3 Å². The fourth-order valence-electron chi connectivity index (χ4n) is 2.25. The molecule has 0 aromatic heterocycles. The molecule has 144 valence electrons. The molecule has 1 aromatic rings. The summed E-state index contributed by atoms with van der Waals surface area (Å²) in [6.07, 6.45) is 9.75. The molecule has 0 spiro atoms. The van der Waals surface area contributed by atoms with Gasteiger partial charge in [-0.25, -0.2) is 0 Å². The van der Waals surface area contributed by atoms with Crippen molar-refractivity contribution in [3.05, 3.63) is 46.5 Å². The largest absolute Gasteiger partial charge is 0.303 e. The van der Waals surface area contributed by atoms with E-state index in [1.807, 2.05) is 39.8 Å². The summed E-state index contributed by atoms with van der Waals surface area (Å²) < 4.78 is 1.13. The predicted molar refractivity (Wildman–Crippen MR) is 117 cm³/mol. The van der Waals surface area contributed by atoms with Crippen LogP contribution in [0.15, 0.2) is 40.9 Å². The van der Waals surface area contributed by atoms with E-state index in [-0.39, 0.29) is 0 Å². The van der Waals surface area contributed by atoms with Gasteiger partial charge in [0.2, 0.25) is 0 Å². The molecule has 2 nitrogen and oxygen atoms in total. The van der Waals surface area contributed by atoms with Gasteiger partial charge >= 0.3 is 0 Å². The quantitative estimate of drug-likeness (QED) is 0.313. The standard InChI is InChI=1S/C14H18BrNO.C4H8.C2H6.CH3Cl/c15-14-3-1-12(2-4-14)5-8-16-9-6-13(11-17)7-10-16;1-3-4-2;2*1-2/h1-4,11,13H,5-10H2;3-4H,1-2H3;1-2H3;1H3/b;4-3-;;. The number of carbonyl (C=O) groups excluding carboxylic acids is 1. The van der Waals surface area contributed by atoms with Crippen LogP contribution in [0.25, 0.3) is 0 Å². The SMILES string of the molecule is C/C=C\C.CC.CCl.O=CC1CCN(CCc2ccc(Br)cc2)CC1. The fraction of sp³-hybridized carbons (Fsp3) is 0.571. The van der Waals surface area contributed by atoms with Crippen LogP contribution < -0.4 is 0 Å². The molecular formula is C21H35BrClNO. The number of likely N-dealkylation sites (tertiary alicyclic amines) is 1. The van der Waals surface area contributed by atoms with Gasteiger partial charge in [-0.15, -0.1) is 11.6 Å². The van der Waals surface area contributed by atoms with Crippen LogP contribution in [-0.2, 0) is 11.2 Å². The van der Waals surface area contributed by atoms with Crippen LogP contribution in [0.3, 0.4) is 0 Å². The molecule has 1 saturated heterocycles. The maximum atomic E-state index is 10.7. The van der Waals surface area contributed by atoms with Crippen molar-refractivity contribution in [3.63, 3.8) is 0 Å². The second-order valence-corrected chi connectivity index (χ2v) is 6.27. The van der Waals surface area contributed by atoms with Gasteiger partial charge in [-0.05, 0) is 63.9 Å². The summed E-state index contributed by atoms with van der Waals surface area (Å²) in [4.78, 5) is 13.1. The van der Waals surface area contributed by atoms with Crippen molar-refractivity contribution in [2.45, 2.75) is 47.0 Å². The van der Waals surface area contributed by atoms with Crippen molar-refractivity contribution in [1.82, 2.24) is 4.90 Å². The molecule has 0 aliphatic carbocycles. The minimum atomic E-state index is 0.305. The third-order valence-corrected chi connectivity index (χ3v) is 4.32. The van der Waals surface area contributed by atoms with Gasteiger partial charge in [0.1, 0.15) is 6.29 Å². The summed E-state index contributed by atoms with van der Waals surface area (Å²) in [6, 6.07) is 8.52. The lowest BCUT2D eigenvalue weighted by Crippen LogP contribution is -2.35. The number of rotatable bonds is 4. The summed E-state index contributed by atoms with van der Waals surface area (Å²) in [5.41, 5.74) is 1.38. The number of halogens is 2. The summed E-state index contributed by atoms with van der Waals surface area (Å²) in [5, 5.41) is 0. The lowest BCUT2D eigenvalue weighted by atomic mass is 9.98. The molecule has 1 fully saturated rings. The first-order valence-corrected chi connectivity index (χ1v) is 10.6. The number of hydrogen-bond donors (Lipinski definition) is 0. The van der Waals surface area contributed by atoms with Gasteiger partial charge in [-0.1, -0.05) is 54.1 Å². The number of nitrogens with zero attached hydrogens (tertiary/aromatic N) is 1. The van der Waals surface area contributed by atoms with Crippen LogP contribution in [0.2, 0.25) is 0 Å². The van der Waals surface area contributed by atoms with E-state index in [2.05, 4.69) is 56.7 Å². The number of hydrogen-bond acceptors (Lipinski definition) is 2. The van der Waals surface area contributed by atoms with Crippen molar-refractivity contribution >= 4 is 33.8 Å². The summed E-state index contributed by atoms with van der Waals surface area (Å²) in [5.74, 6) is 0.305. The van der Waals surface area contributed by atoms with Crippen molar-refractivity contribution in [2.24, 2.45) is 5.92 Å². The van der Waals surface area contributed by atoms with Gasteiger partial charge in [-0.3, -0.25) is 0 Å². The molecule has 0 unspecified atom stereocenters. The maximum absolute atomic E-state index is 10.7. The molecule has 0 N–H and O–H groups in total. The number of carbonyl (C=O) groups is 1. The van der Waals surface area contributed by atoms with Gasteiger partial charge in [-0.2, -0.15) is 0 Å². The number of allylic oxidation sites excluding steroid dienone is 2. The number of piperidine rings is 1. The molecule has 1 heterocycles. The number of aldehydes is 1. The van der Waals surface area contributed by atoms with Crippen LogP contribution in [0.1, 0.15) is 46.1 Å². The Kier molecular flexibility index (Phi) is 20.9. The van der Waals surface area contributed by atoms with Crippen LogP contribution in [0, 0.1) is 5.92 Å². The van der Waals surface area contributed by atoms with Gasteiger partial charge < -0.3 is 9.69 Å². The Morgan fingerprint density at radius 1 is 1.08 bits per heavy atom. The van der Waals surface area contributed by atoms with E-state index in [1.54, 1.807) is 0 Å². The van der Waals surface area contributed by atoms with Crippen LogP contribution >= 0.6 is 27.5 Å². The average molecular weight is 433 g/mol. The molecule has 25 heavy (non-hydrogen) atoms. The zero-order chi connectivity index (χ0) is 19.5. The van der Waals surface area contributed by atoms with Crippen molar-refractivity contribution in [3.8, 4) is 0 Å². The molecule has 1 aliphatic rings.